The number of para-hydroxylation sites is 1. The van der Waals surface area contributed by atoms with Crippen molar-refractivity contribution in [3.05, 3.63) is 59.2 Å². The maximum absolute atomic E-state index is 13.0. The molecule has 5 nitrogen and oxygen atoms in total. The van der Waals surface area contributed by atoms with Crippen LogP contribution in [0.25, 0.3) is 0 Å². The fraction of sp³-hybridized carbons (Fsp3) is 0.318. The minimum Gasteiger partial charge on any atom is -0.311 e. The van der Waals surface area contributed by atoms with Crippen LogP contribution in [0.5, 0.6) is 0 Å². The molecule has 6 heteroatoms. The molecule has 0 aliphatic carbocycles. The van der Waals surface area contributed by atoms with Crippen molar-refractivity contribution in [1.29, 1.82) is 0 Å². The van der Waals surface area contributed by atoms with E-state index in [4.69, 9.17) is 0 Å². The van der Waals surface area contributed by atoms with Crippen molar-refractivity contribution < 1.29 is 14.4 Å². The van der Waals surface area contributed by atoms with Gasteiger partial charge < -0.3 is 4.90 Å². The molecule has 0 fully saturated rings. The van der Waals surface area contributed by atoms with Gasteiger partial charge in [0.1, 0.15) is 0 Å². The van der Waals surface area contributed by atoms with Gasteiger partial charge in [-0.25, -0.2) is 0 Å². The Balaban J connectivity index is 1.50. The highest BCUT2D eigenvalue weighted by Gasteiger charge is 2.36. The highest BCUT2D eigenvalue weighted by molar-refractivity contribution is 8.00. The zero-order valence-electron chi connectivity index (χ0n) is 16.0. The van der Waals surface area contributed by atoms with Crippen molar-refractivity contribution in [2.24, 2.45) is 0 Å². The van der Waals surface area contributed by atoms with Gasteiger partial charge in [0.05, 0.1) is 16.8 Å². The highest BCUT2D eigenvalue weighted by Crippen LogP contribution is 2.37. The minimum atomic E-state index is -0.312. The third-order valence-electron chi connectivity index (χ3n) is 5.22. The largest absolute Gasteiger partial charge is 0.311 e. The Morgan fingerprint density at radius 3 is 2.68 bits per heavy atom. The van der Waals surface area contributed by atoms with E-state index in [1.807, 2.05) is 37.3 Å². The van der Waals surface area contributed by atoms with E-state index in [9.17, 15) is 14.4 Å². The zero-order valence-corrected chi connectivity index (χ0v) is 16.8. The van der Waals surface area contributed by atoms with Gasteiger partial charge in [0.25, 0.3) is 11.8 Å². The van der Waals surface area contributed by atoms with Gasteiger partial charge >= 0.3 is 0 Å². The predicted molar refractivity (Wildman–Crippen MR) is 110 cm³/mol. The van der Waals surface area contributed by atoms with Crippen molar-refractivity contribution in [2.45, 2.75) is 36.8 Å². The first kappa shape index (κ1) is 18.7. The summed E-state index contributed by atoms with van der Waals surface area (Å²) in [5, 5.41) is 0.429. The summed E-state index contributed by atoms with van der Waals surface area (Å²) in [5.74, 6) is -0.680. The van der Waals surface area contributed by atoms with Gasteiger partial charge in [0.2, 0.25) is 5.91 Å². The average molecular weight is 394 g/mol. The Bertz CT molecular complexity index is 972. The summed E-state index contributed by atoms with van der Waals surface area (Å²) in [5.41, 5.74) is 2.71. The Morgan fingerprint density at radius 1 is 1.11 bits per heavy atom. The van der Waals surface area contributed by atoms with E-state index in [1.54, 1.807) is 28.8 Å². The molecular weight excluding hydrogens is 372 g/mol. The lowest BCUT2D eigenvalue weighted by molar-refractivity contribution is -0.118. The first-order valence-corrected chi connectivity index (χ1v) is 10.4. The second-order valence-corrected chi connectivity index (χ2v) is 8.77. The van der Waals surface area contributed by atoms with Crippen LogP contribution in [0, 0.1) is 6.92 Å². The number of nitrogens with zero attached hydrogens (tertiary/aromatic N) is 2. The van der Waals surface area contributed by atoms with Crippen molar-refractivity contribution >= 4 is 35.2 Å². The molecule has 144 valence electrons. The van der Waals surface area contributed by atoms with Crippen molar-refractivity contribution in [3.8, 4) is 0 Å². The van der Waals surface area contributed by atoms with Gasteiger partial charge in [-0.3, -0.25) is 19.3 Å². The Morgan fingerprint density at radius 2 is 1.86 bits per heavy atom. The fourth-order valence-corrected chi connectivity index (χ4v) is 4.81. The van der Waals surface area contributed by atoms with Gasteiger partial charge in [0, 0.05) is 29.7 Å². The van der Waals surface area contributed by atoms with E-state index < -0.39 is 0 Å². The van der Waals surface area contributed by atoms with Crippen molar-refractivity contribution in [1.82, 2.24) is 4.90 Å². The lowest BCUT2D eigenvalue weighted by Crippen LogP contribution is -2.37. The number of hydrogen-bond acceptors (Lipinski definition) is 4. The number of rotatable bonds is 3. The van der Waals surface area contributed by atoms with Gasteiger partial charge in [-0.2, -0.15) is 0 Å². The molecule has 0 saturated heterocycles. The van der Waals surface area contributed by atoms with Crippen LogP contribution < -0.4 is 4.90 Å². The van der Waals surface area contributed by atoms with Gasteiger partial charge in [-0.15, -0.1) is 11.8 Å². The smallest absolute Gasteiger partial charge is 0.261 e. The first-order valence-electron chi connectivity index (χ1n) is 9.48. The van der Waals surface area contributed by atoms with Crippen molar-refractivity contribution in [2.75, 3.05) is 18.0 Å². The van der Waals surface area contributed by atoms with E-state index in [-0.39, 0.29) is 30.7 Å². The molecule has 2 aliphatic heterocycles. The molecule has 0 N–H and O–H groups in total. The maximum atomic E-state index is 13.0. The van der Waals surface area contributed by atoms with Crippen LogP contribution in [0.1, 0.15) is 46.0 Å². The second kappa shape index (κ2) is 7.43. The topological polar surface area (TPSA) is 57.7 Å². The normalized spacial score (nSPS) is 18.7. The molecule has 0 bridgehead atoms. The maximum Gasteiger partial charge on any atom is 0.261 e. The summed E-state index contributed by atoms with van der Waals surface area (Å²) in [4.78, 5) is 42.3. The van der Waals surface area contributed by atoms with E-state index in [0.717, 1.165) is 22.6 Å². The molecule has 0 aromatic heterocycles. The second-order valence-electron chi connectivity index (χ2n) is 7.29. The number of aryl methyl sites for hydroxylation is 1. The molecule has 2 aliphatic rings. The van der Waals surface area contributed by atoms with Crippen molar-refractivity contribution in [3.63, 3.8) is 0 Å². The highest BCUT2D eigenvalue weighted by atomic mass is 32.2. The monoisotopic (exact) mass is 394 g/mol. The third kappa shape index (κ3) is 3.33. The van der Waals surface area contributed by atoms with Crippen LogP contribution in [0.4, 0.5) is 5.69 Å². The lowest BCUT2D eigenvalue weighted by Gasteiger charge is -2.23. The molecule has 2 aromatic rings. The summed E-state index contributed by atoms with van der Waals surface area (Å²) in [6.45, 7) is 4.80. The van der Waals surface area contributed by atoms with Crippen LogP contribution in [-0.2, 0) is 4.79 Å². The first-order chi connectivity index (χ1) is 13.5. The summed E-state index contributed by atoms with van der Waals surface area (Å²) >= 11 is 1.78. The van der Waals surface area contributed by atoms with Crippen LogP contribution in [0.3, 0.4) is 0 Å². The fourth-order valence-electron chi connectivity index (χ4n) is 3.70. The van der Waals surface area contributed by atoms with Crippen LogP contribution >= 0.6 is 11.8 Å². The number of anilines is 1. The molecule has 0 radical (unpaired) electrons. The lowest BCUT2D eigenvalue weighted by atomic mass is 10.1. The van der Waals surface area contributed by atoms with E-state index in [0.29, 0.717) is 22.9 Å². The zero-order chi connectivity index (χ0) is 19.8. The molecule has 1 unspecified atom stereocenters. The molecule has 3 amide bonds. The predicted octanol–water partition coefficient (Wildman–Crippen LogP) is 3.90. The van der Waals surface area contributed by atoms with Crippen LogP contribution in [0.15, 0.2) is 47.4 Å². The summed E-state index contributed by atoms with van der Waals surface area (Å²) in [6.07, 6.45) is 1.02. The van der Waals surface area contributed by atoms with Gasteiger partial charge in [0.15, 0.2) is 0 Å². The van der Waals surface area contributed by atoms with E-state index >= 15 is 0 Å². The number of carbonyl (C=O) groups excluding carboxylic acids is 3. The number of hydrogen-bond donors (Lipinski definition) is 0. The Labute approximate surface area is 168 Å². The quantitative estimate of drug-likeness (QED) is 0.741. The Kier molecular flexibility index (Phi) is 4.98. The summed E-state index contributed by atoms with van der Waals surface area (Å²) < 4.78 is 0. The standard InChI is InChI=1S/C22H22N2O3S/c1-14-7-8-16-17(13-14)22(27)24(21(16)26)12-10-20(25)23-11-9-15(2)28-19-6-4-3-5-18(19)23/h3-8,13,15H,9-12H2,1-2H3. The number of thioether (sulfide) groups is 1. The van der Waals surface area contributed by atoms with Gasteiger partial charge in [-0.1, -0.05) is 30.7 Å². The number of carbonyl (C=O) groups is 3. The molecule has 2 heterocycles. The summed E-state index contributed by atoms with van der Waals surface area (Å²) in [6, 6.07) is 13.2. The van der Waals surface area contributed by atoms with Crippen LogP contribution in [-0.4, -0.2) is 41.0 Å². The minimum absolute atomic E-state index is 0.0603. The van der Waals surface area contributed by atoms with Crippen LogP contribution in [0.2, 0.25) is 0 Å². The number of amides is 3. The SMILES string of the molecule is Cc1ccc2c(c1)C(=O)N(CCC(=O)N1CCC(C)Sc3ccccc31)C2=O. The molecule has 28 heavy (non-hydrogen) atoms. The molecule has 0 saturated carbocycles. The van der Waals surface area contributed by atoms with E-state index in [1.165, 1.54) is 4.90 Å². The number of imide groups is 1. The summed E-state index contributed by atoms with van der Waals surface area (Å²) in [7, 11) is 0. The third-order valence-corrected chi connectivity index (χ3v) is 6.46. The van der Waals surface area contributed by atoms with Gasteiger partial charge in [-0.05, 0) is 37.6 Å². The molecule has 4 rings (SSSR count). The molecule has 0 spiro atoms. The number of benzene rings is 2. The molecule has 1 atom stereocenters. The number of fused-ring (bicyclic) bond motifs is 2. The average Bonchev–Trinajstić information content (AvgIpc) is 2.81. The Hall–Kier alpha value is -2.60. The van der Waals surface area contributed by atoms with E-state index in [2.05, 4.69) is 6.92 Å². The molecule has 2 aromatic carbocycles. The molecular formula is C22H22N2O3S.